The Hall–Kier alpha value is -2.93. The van der Waals surface area contributed by atoms with Crippen molar-refractivity contribution in [1.82, 2.24) is 25.0 Å². The van der Waals surface area contributed by atoms with Gasteiger partial charge in [-0.1, -0.05) is 19.4 Å². The van der Waals surface area contributed by atoms with Crippen molar-refractivity contribution in [3.05, 3.63) is 36.7 Å². The van der Waals surface area contributed by atoms with E-state index in [1.54, 1.807) is 17.1 Å². The van der Waals surface area contributed by atoms with E-state index in [0.29, 0.717) is 12.2 Å². The molecule has 4 rings (SSSR count). The van der Waals surface area contributed by atoms with Crippen molar-refractivity contribution >= 4 is 27.6 Å². The Labute approximate surface area is 138 Å². The van der Waals surface area contributed by atoms with Gasteiger partial charge >= 0.3 is 0 Å². The summed E-state index contributed by atoms with van der Waals surface area (Å²) in [5.74, 6) is 0.411. The molecule has 1 unspecified atom stereocenters. The maximum Gasteiger partial charge on any atom is 0.147 e. The number of pyridine rings is 1. The molecule has 0 saturated heterocycles. The molecule has 3 aromatic heterocycles. The number of hydrogen-bond acceptors (Lipinski definition) is 5. The first-order valence-corrected chi connectivity index (χ1v) is 7.93. The van der Waals surface area contributed by atoms with E-state index in [2.05, 4.69) is 20.3 Å². The third kappa shape index (κ3) is 2.30. The Morgan fingerprint density at radius 2 is 2.17 bits per heavy atom. The van der Waals surface area contributed by atoms with Crippen LogP contribution in [0.2, 0.25) is 0 Å². The molecule has 0 amide bonds. The van der Waals surface area contributed by atoms with Crippen molar-refractivity contribution < 1.29 is 5.11 Å². The third-order valence-electron chi connectivity index (χ3n) is 4.17. The van der Waals surface area contributed by atoms with E-state index in [-0.39, 0.29) is 0 Å². The van der Waals surface area contributed by atoms with Crippen LogP contribution in [0.1, 0.15) is 26.0 Å². The van der Waals surface area contributed by atoms with E-state index in [1.807, 2.05) is 31.2 Å². The summed E-state index contributed by atoms with van der Waals surface area (Å²) in [6.07, 6.45) is 4.34. The summed E-state index contributed by atoms with van der Waals surface area (Å²) in [5, 5.41) is 23.3. The lowest BCUT2D eigenvalue weighted by Crippen LogP contribution is -2.07. The number of anilines is 1. The van der Waals surface area contributed by atoms with Crippen LogP contribution in [0.3, 0.4) is 0 Å². The maximum atomic E-state index is 10.2. The summed E-state index contributed by atoms with van der Waals surface area (Å²) in [5.41, 5.74) is 9.53. The van der Waals surface area contributed by atoms with E-state index in [1.165, 1.54) is 0 Å². The molecule has 122 valence electrons. The molecule has 0 saturated carbocycles. The van der Waals surface area contributed by atoms with Gasteiger partial charge in [0.2, 0.25) is 0 Å². The monoisotopic (exact) mass is 322 g/mol. The second kappa shape index (κ2) is 5.61. The average molecular weight is 322 g/mol. The molecule has 4 aromatic rings. The van der Waals surface area contributed by atoms with E-state index in [9.17, 15) is 5.11 Å². The predicted octanol–water partition coefficient (Wildman–Crippen LogP) is 2.85. The van der Waals surface area contributed by atoms with Gasteiger partial charge in [0.05, 0.1) is 16.6 Å². The largest absolute Gasteiger partial charge is 0.383 e. The highest BCUT2D eigenvalue weighted by Gasteiger charge is 2.14. The Kier molecular flexibility index (Phi) is 3.42. The molecule has 0 fully saturated rings. The zero-order chi connectivity index (χ0) is 16.7. The molecule has 0 bridgehead atoms. The number of nitrogens with zero attached hydrogens (tertiary/aromatic N) is 4. The number of aromatic nitrogens is 5. The molecule has 24 heavy (non-hydrogen) atoms. The Bertz CT molecular complexity index is 1000. The van der Waals surface area contributed by atoms with Crippen LogP contribution >= 0.6 is 0 Å². The molecule has 1 atom stereocenters. The highest BCUT2D eigenvalue weighted by Crippen LogP contribution is 2.30. The van der Waals surface area contributed by atoms with Gasteiger partial charge in [-0.15, -0.1) is 0 Å². The lowest BCUT2D eigenvalue weighted by molar-refractivity contribution is 0.0815. The first kappa shape index (κ1) is 14.6. The third-order valence-corrected chi connectivity index (χ3v) is 4.17. The normalized spacial score (nSPS) is 12.9. The van der Waals surface area contributed by atoms with Crippen LogP contribution in [0.5, 0.6) is 0 Å². The van der Waals surface area contributed by atoms with Crippen molar-refractivity contribution in [2.75, 3.05) is 5.73 Å². The van der Waals surface area contributed by atoms with Crippen LogP contribution in [0.4, 0.5) is 5.82 Å². The van der Waals surface area contributed by atoms with E-state index >= 15 is 0 Å². The molecular formula is C17H18N6O. The molecule has 1 aromatic carbocycles. The Balaban J connectivity index is 1.90. The highest BCUT2D eigenvalue weighted by molar-refractivity contribution is 6.08. The minimum Gasteiger partial charge on any atom is -0.383 e. The predicted molar refractivity (Wildman–Crippen MR) is 93.2 cm³/mol. The van der Waals surface area contributed by atoms with Gasteiger partial charge in [-0.2, -0.15) is 10.2 Å². The number of fused-ring (bicyclic) bond motifs is 3. The number of nitrogens with two attached hydrogens (primary N) is 1. The molecular weight excluding hydrogens is 304 g/mol. The van der Waals surface area contributed by atoms with Crippen LogP contribution in [0, 0.1) is 0 Å². The molecule has 0 aliphatic rings. The zero-order valence-corrected chi connectivity index (χ0v) is 13.3. The molecule has 7 nitrogen and oxygen atoms in total. The zero-order valence-electron chi connectivity index (χ0n) is 13.3. The number of nitrogen functional groups attached to an aromatic ring is 1. The van der Waals surface area contributed by atoms with Gasteiger partial charge in [-0.3, -0.25) is 5.10 Å². The summed E-state index contributed by atoms with van der Waals surface area (Å²) in [7, 11) is 0. The first-order chi connectivity index (χ1) is 11.7. The highest BCUT2D eigenvalue weighted by atomic mass is 16.3. The number of H-pyrrole nitrogens is 1. The summed E-state index contributed by atoms with van der Waals surface area (Å²) in [4.78, 5) is 4.50. The van der Waals surface area contributed by atoms with E-state index in [0.717, 1.165) is 39.5 Å². The maximum absolute atomic E-state index is 10.2. The van der Waals surface area contributed by atoms with Crippen LogP contribution in [-0.2, 0) is 0 Å². The minimum absolute atomic E-state index is 0.411. The molecule has 3 heterocycles. The summed E-state index contributed by atoms with van der Waals surface area (Å²) in [6, 6.07) is 7.83. The summed E-state index contributed by atoms with van der Waals surface area (Å²) >= 11 is 0. The van der Waals surface area contributed by atoms with Gasteiger partial charge < -0.3 is 10.8 Å². The molecule has 4 N–H and O–H groups in total. The number of hydrogen-bond donors (Lipinski definition) is 3. The fourth-order valence-corrected chi connectivity index (χ4v) is 2.92. The quantitative estimate of drug-likeness (QED) is 0.536. The van der Waals surface area contributed by atoms with Crippen molar-refractivity contribution in [2.45, 2.75) is 26.0 Å². The van der Waals surface area contributed by atoms with Crippen molar-refractivity contribution in [1.29, 1.82) is 0 Å². The fraction of sp³-hybridized carbons (Fsp3) is 0.235. The second-order valence-corrected chi connectivity index (χ2v) is 5.84. The number of aromatic amines is 1. The Morgan fingerprint density at radius 3 is 2.92 bits per heavy atom. The van der Waals surface area contributed by atoms with Crippen LogP contribution in [0.15, 0.2) is 36.7 Å². The standard InChI is InChI=1S/C17H18N6O/c1-2-3-15(24)23-9-12-16(22-23)11-5-4-10(13-6-7-19-21-13)8-14(11)20-17(12)18/h4-9,15,24H,2-3H2,1H3,(H2,18,20)(H,19,21). The van der Waals surface area contributed by atoms with Crippen LogP contribution < -0.4 is 5.73 Å². The number of nitrogens with one attached hydrogen (secondary N) is 1. The number of aliphatic hydroxyl groups is 1. The summed E-state index contributed by atoms with van der Waals surface area (Å²) < 4.78 is 1.56. The topological polar surface area (TPSA) is 106 Å². The average Bonchev–Trinajstić information content (AvgIpc) is 3.25. The molecule has 7 heteroatoms. The lowest BCUT2D eigenvalue weighted by Gasteiger charge is -2.08. The van der Waals surface area contributed by atoms with Crippen molar-refractivity contribution in [3.63, 3.8) is 0 Å². The van der Waals surface area contributed by atoms with Gasteiger partial charge in [0.25, 0.3) is 0 Å². The molecule has 0 aliphatic carbocycles. The molecule has 0 spiro atoms. The van der Waals surface area contributed by atoms with Crippen LogP contribution in [0.25, 0.3) is 33.1 Å². The lowest BCUT2D eigenvalue weighted by atomic mass is 10.1. The minimum atomic E-state index is -0.652. The SMILES string of the molecule is CCCC(O)n1cc2c(N)nc3cc(-c4ccn[nH]4)ccc3c2n1. The number of benzene rings is 1. The first-order valence-electron chi connectivity index (χ1n) is 7.93. The molecule has 0 aliphatic heterocycles. The smallest absolute Gasteiger partial charge is 0.147 e. The van der Waals surface area contributed by atoms with Crippen molar-refractivity contribution in [3.8, 4) is 11.3 Å². The van der Waals surface area contributed by atoms with Crippen LogP contribution in [-0.4, -0.2) is 30.1 Å². The Morgan fingerprint density at radius 1 is 1.29 bits per heavy atom. The van der Waals surface area contributed by atoms with Gasteiger partial charge in [0, 0.05) is 23.3 Å². The number of aliphatic hydroxyl groups excluding tert-OH is 1. The van der Waals surface area contributed by atoms with Gasteiger partial charge in [0.1, 0.15) is 17.6 Å². The van der Waals surface area contributed by atoms with Crippen molar-refractivity contribution in [2.24, 2.45) is 0 Å². The van der Waals surface area contributed by atoms with Gasteiger partial charge in [0.15, 0.2) is 0 Å². The molecule has 0 radical (unpaired) electrons. The van der Waals surface area contributed by atoms with Gasteiger partial charge in [-0.25, -0.2) is 9.67 Å². The van der Waals surface area contributed by atoms with Gasteiger partial charge in [-0.05, 0) is 24.6 Å². The van der Waals surface area contributed by atoms with E-state index in [4.69, 9.17) is 5.73 Å². The van der Waals surface area contributed by atoms with E-state index < -0.39 is 6.23 Å². The summed E-state index contributed by atoms with van der Waals surface area (Å²) in [6.45, 7) is 2.02. The fourth-order valence-electron chi connectivity index (χ4n) is 2.92. The number of rotatable bonds is 4. The second-order valence-electron chi connectivity index (χ2n) is 5.84.